The Labute approximate surface area is 122 Å². The Kier molecular flexibility index (Phi) is 4.60. The predicted molar refractivity (Wildman–Crippen MR) is 81.4 cm³/mol. The van der Waals surface area contributed by atoms with Gasteiger partial charge in [0.05, 0.1) is 9.16 Å². The number of rotatable bonds is 4. The number of hydrogen-bond acceptors (Lipinski definition) is 1. The second-order valence-corrected chi connectivity index (χ2v) is 8.33. The van der Waals surface area contributed by atoms with E-state index in [1.54, 1.807) is 11.3 Å². The van der Waals surface area contributed by atoms with E-state index in [1.165, 1.54) is 37.0 Å². The largest absolute Gasteiger partial charge is 0.127 e. The minimum Gasteiger partial charge on any atom is -0.127 e. The van der Waals surface area contributed by atoms with Gasteiger partial charge in [0.2, 0.25) is 0 Å². The van der Waals surface area contributed by atoms with Crippen molar-refractivity contribution in [3.8, 4) is 0 Å². The van der Waals surface area contributed by atoms with Crippen molar-refractivity contribution < 1.29 is 0 Å². The maximum atomic E-state index is 6.06. The normalized spacial score (nSPS) is 21.0. The van der Waals surface area contributed by atoms with Crippen LogP contribution >= 0.6 is 38.9 Å². The first-order valence-electron chi connectivity index (χ1n) is 6.43. The minimum absolute atomic E-state index is 0.461. The second-order valence-electron chi connectivity index (χ2n) is 5.67. The molecule has 0 aromatic carbocycles. The summed E-state index contributed by atoms with van der Waals surface area (Å²) >= 11 is 11.8. The fourth-order valence-corrected chi connectivity index (χ4v) is 5.48. The highest BCUT2D eigenvalue weighted by atomic mass is 79.9. The molecule has 1 fully saturated rings. The van der Waals surface area contributed by atoms with E-state index in [0.717, 1.165) is 10.3 Å². The molecule has 1 saturated carbocycles. The molecule has 1 aromatic rings. The highest BCUT2D eigenvalue weighted by Crippen LogP contribution is 2.56. The van der Waals surface area contributed by atoms with Crippen molar-refractivity contribution in [2.24, 2.45) is 11.3 Å². The first-order chi connectivity index (χ1) is 8.03. The summed E-state index contributed by atoms with van der Waals surface area (Å²) in [7, 11) is 0. The van der Waals surface area contributed by atoms with E-state index in [9.17, 15) is 0 Å². The number of hydrogen-bond donors (Lipinski definition) is 0. The van der Waals surface area contributed by atoms with Crippen molar-refractivity contribution in [1.82, 2.24) is 0 Å². The standard InChI is InChI=1S/C14H20BrClS/c1-10(2)9-14(7-3-4-8-14)13(15)11-5-6-12(16)17-11/h5-6,10,13H,3-4,7-9H2,1-2H3. The van der Waals surface area contributed by atoms with E-state index in [-0.39, 0.29) is 0 Å². The van der Waals surface area contributed by atoms with Crippen molar-refractivity contribution in [3.63, 3.8) is 0 Å². The van der Waals surface area contributed by atoms with Crippen LogP contribution in [-0.2, 0) is 0 Å². The average molecular weight is 336 g/mol. The first-order valence-corrected chi connectivity index (χ1v) is 8.54. The monoisotopic (exact) mass is 334 g/mol. The molecule has 0 saturated heterocycles. The molecular weight excluding hydrogens is 316 g/mol. The summed E-state index contributed by atoms with van der Waals surface area (Å²) in [5.41, 5.74) is 0.461. The Morgan fingerprint density at radius 2 is 2.00 bits per heavy atom. The van der Waals surface area contributed by atoms with Crippen LogP contribution in [0.5, 0.6) is 0 Å². The fraction of sp³-hybridized carbons (Fsp3) is 0.714. The Morgan fingerprint density at radius 3 is 2.47 bits per heavy atom. The lowest BCUT2D eigenvalue weighted by molar-refractivity contribution is 0.232. The van der Waals surface area contributed by atoms with E-state index in [2.05, 4.69) is 35.8 Å². The van der Waals surface area contributed by atoms with Crippen LogP contribution in [-0.4, -0.2) is 0 Å². The number of alkyl halides is 1. The van der Waals surface area contributed by atoms with Crippen molar-refractivity contribution in [2.45, 2.75) is 50.8 Å². The lowest BCUT2D eigenvalue weighted by Crippen LogP contribution is -2.23. The molecule has 1 aliphatic rings. The van der Waals surface area contributed by atoms with Crippen LogP contribution in [0.1, 0.15) is 55.7 Å². The summed E-state index contributed by atoms with van der Waals surface area (Å²) in [6, 6.07) is 4.21. The highest BCUT2D eigenvalue weighted by molar-refractivity contribution is 9.09. The fourth-order valence-electron chi connectivity index (χ4n) is 3.22. The zero-order valence-corrected chi connectivity index (χ0v) is 13.7. The van der Waals surface area contributed by atoms with E-state index in [0.29, 0.717) is 10.2 Å². The maximum Gasteiger partial charge on any atom is 0.0931 e. The van der Waals surface area contributed by atoms with Gasteiger partial charge in [-0.1, -0.05) is 54.2 Å². The summed E-state index contributed by atoms with van der Waals surface area (Å²) in [5.74, 6) is 0.767. The van der Waals surface area contributed by atoms with Crippen LogP contribution in [0.15, 0.2) is 12.1 Å². The van der Waals surface area contributed by atoms with Crippen molar-refractivity contribution in [2.75, 3.05) is 0 Å². The van der Waals surface area contributed by atoms with Crippen LogP contribution in [0.3, 0.4) is 0 Å². The molecule has 0 spiro atoms. The average Bonchev–Trinajstić information content (AvgIpc) is 2.86. The lowest BCUT2D eigenvalue weighted by atomic mass is 9.75. The molecule has 0 N–H and O–H groups in total. The molecule has 96 valence electrons. The minimum atomic E-state index is 0.461. The highest BCUT2D eigenvalue weighted by Gasteiger charge is 2.41. The van der Waals surface area contributed by atoms with E-state index in [4.69, 9.17) is 11.6 Å². The molecule has 0 nitrogen and oxygen atoms in total. The Morgan fingerprint density at radius 1 is 1.35 bits per heavy atom. The van der Waals surface area contributed by atoms with Crippen LogP contribution in [0.25, 0.3) is 0 Å². The SMILES string of the molecule is CC(C)CC1(C(Br)c2ccc(Cl)s2)CCCC1. The first kappa shape index (κ1) is 13.9. The van der Waals surface area contributed by atoms with Gasteiger partial charge < -0.3 is 0 Å². The molecule has 0 radical (unpaired) electrons. The topological polar surface area (TPSA) is 0 Å². The van der Waals surface area contributed by atoms with Crippen LogP contribution in [0, 0.1) is 11.3 Å². The summed E-state index contributed by atoms with van der Waals surface area (Å²) in [6.07, 6.45) is 6.80. The van der Waals surface area contributed by atoms with Gasteiger partial charge in [-0.05, 0) is 42.7 Å². The van der Waals surface area contributed by atoms with Crippen molar-refractivity contribution in [1.29, 1.82) is 0 Å². The molecule has 17 heavy (non-hydrogen) atoms. The summed E-state index contributed by atoms with van der Waals surface area (Å²) in [6.45, 7) is 4.67. The second kappa shape index (κ2) is 5.63. The molecule has 1 aromatic heterocycles. The van der Waals surface area contributed by atoms with Gasteiger partial charge in [-0.25, -0.2) is 0 Å². The molecule has 0 amide bonds. The molecular formula is C14H20BrClS. The summed E-state index contributed by atoms with van der Waals surface area (Å²) < 4.78 is 0.905. The molecule has 2 rings (SSSR count). The van der Waals surface area contributed by atoms with Crippen LogP contribution in [0.2, 0.25) is 4.34 Å². The predicted octanol–water partition coefficient (Wildman–Crippen LogP) is 6.44. The third-order valence-corrected chi connectivity index (χ3v) is 6.86. The van der Waals surface area contributed by atoms with Gasteiger partial charge in [0.25, 0.3) is 0 Å². The molecule has 1 unspecified atom stereocenters. The van der Waals surface area contributed by atoms with Gasteiger partial charge in [0.1, 0.15) is 0 Å². The zero-order valence-electron chi connectivity index (χ0n) is 10.5. The quantitative estimate of drug-likeness (QED) is 0.555. The van der Waals surface area contributed by atoms with E-state index >= 15 is 0 Å². The van der Waals surface area contributed by atoms with Gasteiger partial charge in [-0.3, -0.25) is 0 Å². The Bertz CT molecular complexity index is 366. The van der Waals surface area contributed by atoms with E-state index in [1.807, 2.05) is 6.07 Å². The third-order valence-electron chi connectivity index (χ3n) is 3.80. The molecule has 1 heterocycles. The molecule has 3 heteroatoms. The molecule has 1 atom stereocenters. The van der Waals surface area contributed by atoms with Crippen LogP contribution in [0.4, 0.5) is 0 Å². The Hall–Kier alpha value is 0.470. The van der Waals surface area contributed by atoms with E-state index < -0.39 is 0 Å². The molecule has 1 aliphatic carbocycles. The smallest absolute Gasteiger partial charge is 0.0931 e. The number of halogens is 2. The van der Waals surface area contributed by atoms with Crippen molar-refractivity contribution >= 4 is 38.9 Å². The van der Waals surface area contributed by atoms with Gasteiger partial charge in [-0.2, -0.15) is 0 Å². The van der Waals surface area contributed by atoms with Gasteiger partial charge in [0.15, 0.2) is 0 Å². The molecule has 0 bridgehead atoms. The summed E-state index contributed by atoms with van der Waals surface area (Å²) in [4.78, 5) is 1.88. The van der Waals surface area contributed by atoms with Gasteiger partial charge in [0, 0.05) is 4.88 Å². The van der Waals surface area contributed by atoms with Crippen LogP contribution < -0.4 is 0 Å². The van der Waals surface area contributed by atoms with Crippen molar-refractivity contribution in [3.05, 3.63) is 21.3 Å². The Balaban J connectivity index is 2.21. The third kappa shape index (κ3) is 3.08. The maximum absolute atomic E-state index is 6.06. The lowest BCUT2D eigenvalue weighted by Gasteiger charge is -2.35. The van der Waals surface area contributed by atoms with Gasteiger partial charge in [-0.15, -0.1) is 11.3 Å². The molecule has 0 aliphatic heterocycles. The summed E-state index contributed by atoms with van der Waals surface area (Å²) in [5, 5.41) is 0. The number of thiophene rings is 1. The zero-order chi connectivity index (χ0) is 12.5. The van der Waals surface area contributed by atoms with Gasteiger partial charge >= 0.3 is 0 Å².